The number of Topliss-reactive ketones (excluding diaryl/α,β-unsaturated/α-hetero) is 3. The Balaban J connectivity index is 1.87. The van der Waals surface area contributed by atoms with Crippen LogP contribution in [-0.2, 0) is 14.4 Å². The zero-order valence-corrected chi connectivity index (χ0v) is 12.5. The van der Waals surface area contributed by atoms with Crippen molar-refractivity contribution in [1.82, 2.24) is 0 Å². The van der Waals surface area contributed by atoms with Gasteiger partial charge in [0.05, 0.1) is 11.2 Å². The van der Waals surface area contributed by atoms with E-state index >= 15 is 0 Å². The molecule has 2 fully saturated rings. The van der Waals surface area contributed by atoms with Crippen LogP contribution in [0.25, 0.3) is 0 Å². The molecule has 0 N–H and O–H groups in total. The molecule has 2 rings (SSSR count). The molecule has 2 aliphatic carbocycles. The van der Waals surface area contributed by atoms with Gasteiger partial charge in [0.25, 0.3) is 0 Å². The average molecular weight is 282 g/mol. The van der Waals surface area contributed by atoms with Crippen LogP contribution in [0.1, 0.15) is 45.4 Å². The first kappa shape index (κ1) is 14.8. The van der Waals surface area contributed by atoms with Gasteiger partial charge in [0.2, 0.25) is 0 Å². The smallest absolute Gasteiger partial charge is 0.156 e. The van der Waals surface area contributed by atoms with Gasteiger partial charge in [0.1, 0.15) is 11.6 Å². The van der Waals surface area contributed by atoms with Gasteiger partial charge in [-0.3, -0.25) is 14.4 Å². The summed E-state index contributed by atoms with van der Waals surface area (Å²) in [5, 5.41) is -0.106. The lowest BCUT2D eigenvalue weighted by Gasteiger charge is -2.28. The first-order valence-corrected chi connectivity index (χ1v) is 8.41. The van der Waals surface area contributed by atoms with Crippen molar-refractivity contribution in [2.75, 3.05) is 6.26 Å². The minimum Gasteiger partial charge on any atom is -0.300 e. The summed E-state index contributed by atoms with van der Waals surface area (Å²) in [7, 11) is 0. The van der Waals surface area contributed by atoms with Crippen molar-refractivity contribution in [2.45, 2.75) is 50.7 Å². The van der Waals surface area contributed by atoms with Gasteiger partial charge < -0.3 is 0 Å². The van der Waals surface area contributed by atoms with E-state index in [9.17, 15) is 14.4 Å². The van der Waals surface area contributed by atoms with Crippen LogP contribution in [0.15, 0.2) is 0 Å². The van der Waals surface area contributed by atoms with E-state index in [0.29, 0.717) is 12.3 Å². The highest BCUT2D eigenvalue weighted by molar-refractivity contribution is 8.00. The Morgan fingerprint density at radius 3 is 2.32 bits per heavy atom. The van der Waals surface area contributed by atoms with Gasteiger partial charge >= 0.3 is 0 Å². The van der Waals surface area contributed by atoms with Crippen molar-refractivity contribution in [3.8, 4) is 0 Å². The zero-order valence-electron chi connectivity index (χ0n) is 11.7. The Morgan fingerprint density at radius 1 is 1.21 bits per heavy atom. The summed E-state index contributed by atoms with van der Waals surface area (Å²) in [4.78, 5) is 35.3. The summed E-state index contributed by atoms with van der Waals surface area (Å²) in [5.74, 6) is 0.883. The van der Waals surface area contributed by atoms with Crippen LogP contribution in [0.5, 0.6) is 0 Å². The van der Waals surface area contributed by atoms with E-state index in [0.717, 1.165) is 32.1 Å². The Bertz CT molecular complexity index is 383. The van der Waals surface area contributed by atoms with Gasteiger partial charge in [0, 0.05) is 12.3 Å². The summed E-state index contributed by atoms with van der Waals surface area (Å²) in [6.45, 7) is 1.66. The predicted molar refractivity (Wildman–Crippen MR) is 76.2 cm³/mol. The Kier molecular flexibility index (Phi) is 4.82. The molecule has 0 amide bonds. The molecule has 4 heteroatoms. The Hall–Kier alpha value is -0.640. The topological polar surface area (TPSA) is 51.2 Å². The molecule has 2 aliphatic rings. The summed E-state index contributed by atoms with van der Waals surface area (Å²) in [6, 6.07) is 0. The van der Waals surface area contributed by atoms with E-state index in [1.165, 1.54) is 11.8 Å². The molecule has 0 radical (unpaired) electrons. The third-order valence-electron chi connectivity index (χ3n) is 4.71. The first-order valence-electron chi connectivity index (χ1n) is 7.12. The molecule has 0 aromatic heterocycles. The molecule has 0 spiro atoms. The molecule has 0 aromatic carbocycles. The van der Waals surface area contributed by atoms with Crippen LogP contribution in [0.2, 0.25) is 0 Å². The largest absolute Gasteiger partial charge is 0.300 e. The van der Waals surface area contributed by atoms with Crippen molar-refractivity contribution in [3.63, 3.8) is 0 Å². The summed E-state index contributed by atoms with van der Waals surface area (Å²) >= 11 is 1.50. The van der Waals surface area contributed by atoms with Crippen LogP contribution in [0, 0.1) is 17.8 Å². The minimum absolute atomic E-state index is 0.106. The molecular formula is C15H22O3S. The van der Waals surface area contributed by atoms with Crippen LogP contribution >= 0.6 is 11.8 Å². The zero-order chi connectivity index (χ0) is 14.0. The lowest BCUT2D eigenvalue weighted by Crippen LogP contribution is -2.25. The fourth-order valence-corrected chi connectivity index (χ4v) is 4.12. The molecule has 19 heavy (non-hydrogen) atoms. The summed E-state index contributed by atoms with van der Waals surface area (Å²) < 4.78 is 0. The van der Waals surface area contributed by atoms with Crippen molar-refractivity contribution < 1.29 is 14.4 Å². The monoisotopic (exact) mass is 282 g/mol. The van der Waals surface area contributed by atoms with E-state index in [1.807, 2.05) is 6.26 Å². The number of carbonyl (C=O) groups excluding carboxylic acids is 3. The molecular weight excluding hydrogens is 260 g/mol. The first-order chi connectivity index (χ1) is 9.02. The third-order valence-corrected chi connectivity index (χ3v) is 5.68. The number of thioether (sulfide) groups is 1. The van der Waals surface area contributed by atoms with E-state index in [4.69, 9.17) is 0 Å². The molecule has 0 aromatic rings. The van der Waals surface area contributed by atoms with Gasteiger partial charge in [-0.05, 0) is 51.2 Å². The predicted octanol–water partition coefficient (Wildman–Crippen LogP) is 2.66. The maximum atomic E-state index is 12.1. The van der Waals surface area contributed by atoms with E-state index < -0.39 is 0 Å². The van der Waals surface area contributed by atoms with Gasteiger partial charge in [-0.15, -0.1) is 0 Å². The number of hydrogen-bond acceptors (Lipinski definition) is 4. The maximum Gasteiger partial charge on any atom is 0.156 e. The fourth-order valence-electron chi connectivity index (χ4n) is 3.39. The van der Waals surface area contributed by atoms with Gasteiger partial charge in [-0.2, -0.15) is 11.8 Å². The molecule has 0 aliphatic heterocycles. The second-order valence-corrected chi connectivity index (χ2v) is 6.95. The van der Waals surface area contributed by atoms with Crippen LogP contribution in [-0.4, -0.2) is 28.9 Å². The molecule has 2 atom stereocenters. The lowest BCUT2D eigenvalue weighted by molar-refractivity contribution is -0.128. The molecule has 0 heterocycles. The standard InChI is InChI=1S/C15H22O3S/c1-9(16)11-5-3-10(4-6-11)7-12-13(17)8-14(19-2)15(12)18/h10-12,14H,3-8H2,1-2H3. The molecule has 0 saturated heterocycles. The van der Waals surface area contributed by atoms with E-state index in [2.05, 4.69) is 0 Å². The van der Waals surface area contributed by atoms with Crippen molar-refractivity contribution >= 4 is 29.1 Å². The number of carbonyl (C=O) groups is 3. The summed E-state index contributed by atoms with van der Waals surface area (Å²) in [6.07, 6.45) is 6.89. The van der Waals surface area contributed by atoms with E-state index in [-0.39, 0.29) is 34.4 Å². The number of hydrogen-bond donors (Lipinski definition) is 0. The molecule has 2 unspecified atom stereocenters. The molecule has 0 bridgehead atoms. The minimum atomic E-state index is -0.351. The SMILES string of the molecule is CSC1CC(=O)C(CC2CCC(C(C)=O)CC2)C1=O. The highest BCUT2D eigenvalue weighted by Crippen LogP contribution is 2.37. The van der Waals surface area contributed by atoms with Gasteiger partial charge in [-0.25, -0.2) is 0 Å². The molecule has 2 saturated carbocycles. The second-order valence-electron chi connectivity index (χ2n) is 5.91. The highest BCUT2D eigenvalue weighted by atomic mass is 32.2. The molecule has 3 nitrogen and oxygen atoms in total. The third kappa shape index (κ3) is 3.28. The maximum absolute atomic E-state index is 12.1. The highest BCUT2D eigenvalue weighted by Gasteiger charge is 2.41. The Morgan fingerprint density at radius 2 is 1.84 bits per heavy atom. The van der Waals surface area contributed by atoms with Crippen LogP contribution in [0.4, 0.5) is 0 Å². The molecule has 106 valence electrons. The number of ketones is 3. The Labute approximate surface area is 118 Å². The van der Waals surface area contributed by atoms with Crippen LogP contribution < -0.4 is 0 Å². The fraction of sp³-hybridized carbons (Fsp3) is 0.800. The lowest BCUT2D eigenvalue weighted by atomic mass is 9.76. The number of rotatable bonds is 4. The van der Waals surface area contributed by atoms with Gasteiger partial charge in [-0.1, -0.05) is 0 Å². The normalized spacial score (nSPS) is 35.7. The van der Waals surface area contributed by atoms with Crippen LogP contribution in [0.3, 0.4) is 0 Å². The quantitative estimate of drug-likeness (QED) is 0.744. The second kappa shape index (κ2) is 6.21. The van der Waals surface area contributed by atoms with Gasteiger partial charge in [0.15, 0.2) is 5.78 Å². The van der Waals surface area contributed by atoms with Crippen molar-refractivity contribution in [1.29, 1.82) is 0 Å². The van der Waals surface area contributed by atoms with E-state index in [1.54, 1.807) is 6.92 Å². The summed E-state index contributed by atoms with van der Waals surface area (Å²) in [5.41, 5.74) is 0. The van der Waals surface area contributed by atoms with Crippen molar-refractivity contribution in [2.24, 2.45) is 17.8 Å². The van der Waals surface area contributed by atoms with Crippen molar-refractivity contribution in [3.05, 3.63) is 0 Å². The average Bonchev–Trinajstić information content (AvgIpc) is 2.67.